The van der Waals surface area contributed by atoms with Crippen molar-refractivity contribution in [3.8, 4) is 0 Å². The van der Waals surface area contributed by atoms with Crippen LogP contribution in [0.25, 0.3) is 0 Å². The fourth-order valence-corrected chi connectivity index (χ4v) is 1.37. The third-order valence-electron chi connectivity index (χ3n) is 1.86. The molecule has 1 fully saturated rings. The summed E-state index contributed by atoms with van der Waals surface area (Å²) >= 11 is 0. The summed E-state index contributed by atoms with van der Waals surface area (Å²) in [7, 11) is 0. The molecule has 0 aromatic carbocycles. The average Bonchev–Trinajstić information content (AvgIpc) is 2.39. The molecule has 1 saturated heterocycles. The SMILES string of the molecule is CC(C)C.CCCC1CCNC1. The Bertz CT molecular complexity index is 80.3. The number of hydrogen-bond donors (Lipinski definition) is 1. The second kappa shape index (κ2) is 7.60. The zero-order chi connectivity index (χ0) is 9.40. The van der Waals surface area contributed by atoms with E-state index in [1.807, 2.05) is 0 Å². The standard InChI is InChI=1S/C7H15N.C4H10/c1-2-3-7-4-5-8-6-7;1-4(2)3/h7-8H,2-6H2,1H3;4H,1-3H3. The summed E-state index contributed by atoms with van der Waals surface area (Å²) in [4.78, 5) is 0. The van der Waals surface area contributed by atoms with Gasteiger partial charge >= 0.3 is 0 Å². The van der Waals surface area contributed by atoms with Gasteiger partial charge in [0.1, 0.15) is 0 Å². The molecule has 0 saturated carbocycles. The molecule has 1 heteroatoms. The molecular weight excluding hydrogens is 146 g/mol. The molecule has 0 bridgehead atoms. The molecule has 12 heavy (non-hydrogen) atoms. The lowest BCUT2D eigenvalue weighted by Crippen LogP contribution is -2.08. The Labute approximate surface area is 77.9 Å². The fourth-order valence-electron chi connectivity index (χ4n) is 1.37. The normalized spacial score (nSPS) is 22.2. The molecule has 1 nitrogen and oxygen atoms in total. The summed E-state index contributed by atoms with van der Waals surface area (Å²) in [5.74, 6) is 1.83. The van der Waals surface area contributed by atoms with Crippen LogP contribution in [0.15, 0.2) is 0 Å². The van der Waals surface area contributed by atoms with Crippen molar-refractivity contribution in [2.45, 2.75) is 47.0 Å². The minimum Gasteiger partial charge on any atom is -0.316 e. The van der Waals surface area contributed by atoms with E-state index in [4.69, 9.17) is 0 Å². The monoisotopic (exact) mass is 171 g/mol. The van der Waals surface area contributed by atoms with Crippen LogP contribution in [0.5, 0.6) is 0 Å². The Morgan fingerprint density at radius 1 is 1.33 bits per heavy atom. The maximum Gasteiger partial charge on any atom is -0.00200 e. The van der Waals surface area contributed by atoms with Gasteiger partial charge in [-0.15, -0.1) is 0 Å². The Hall–Kier alpha value is -0.0400. The van der Waals surface area contributed by atoms with Crippen LogP contribution in [0.4, 0.5) is 0 Å². The smallest absolute Gasteiger partial charge is 0.00200 e. The maximum atomic E-state index is 3.36. The van der Waals surface area contributed by atoms with Crippen LogP contribution in [0.3, 0.4) is 0 Å². The van der Waals surface area contributed by atoms with Crippen LogP contribution >= 0.6 is 0 Å². The first-order chi connectivity index (χ1) is 5.66. The molecule has 0 aromatic rings. The lowest BCUT2D eigenvalue weighted by Gasteiger charge is -2.02. The zero-order valence-corrected chi connectivity index (χ0v) is 9.19. The van der Waals surface area contributed by atoms with Gasteiger partial charge in [-0.25, -0.2) is 0 Å². The topological polar surface area (TPSA) is 12.0 Å². The molecule has 1 atom stereocenters. The van der Waals surface area contributed by atoms with Crippen molar-refractivity contribution >= 4 is 0 Å². The Morgan fingerprint density at radius 2 is 1.92 bits per heavy atom. The highest BCUT2D eigenvalue weighted by atomic mass is 14.9. The van der Waals surface area contributed by atoms with Crippen molar-refractivity contribution in [1.29, 1.82) is 0 Å². The highest BCUT2D eigenvalue weighted by Crippen LogP contribution is 2.12. The fraction of sp³-hybridized carbons (Fsp3) is 1.00. The van der Waals surface area contributed by atoms with E-state index in [0.717, 1.165) is 11.8 Å². The summed E-state index contributed by atoms with van der Waals surface area (Å²) in [5.41, 5.74) is 0. The van der Waals surface area contributed by atoms with Crippen molar-refractivity contribution < 1.29 is 0 Å². The third-order valence-corrected chi connectivity index (χ3v) is 1.86. The van der Waals surface area contributed by atoms with Crippen molar-refractivity contribution in [2.75, 3.05) is 13.1 Å². The summed E-state index contributed by atoms with van der Waals surface area (Å²) in [6, 6.07) is 0. The Kier molecular flexibility index (Phi) is 7.58. The highest BCUT2D eigenvalue weighted by molar-refractivity contribution is 4.69. The minimum absolute atomic E-state index is 0.833. The Balaban J connectivity index is 0.000000261. The summed E-state index contributed by atoms with van der Waals surface area (Å²) in [5, 5.41) is 3.36. The van der Waals surface area contributed by atoms with Crippen LogP contribution in [-0.2, 0) is 0 Å². The molecule has 0 aromatic heterocycles. The summed E-state index contributed by atoms with van der Waals surface area (Å²) in [6.45, 7) is 11.3. The van der Waals surface area contributed by atoms with E-state index < -0.39 is 0 Å². The molecule has 1 N–H and O–H groups in total. The first-order valence-corrected chi connectivity index (χ1v) is 5.37. The van der Waals surface area contributed by atoms with Gasteiger partial charge in [0.15, 0.2) is 0 Å². The van der Waals surface area contributed by atoms with Gasteiger partial charge in [0, 0.05) is 0 Å². The lowest BCUT2D eigenvalue weighted by atomic mass is 10.0. The predicted molar refractivity (Wildman–Crippen MR) is 56.4 cm³/mol. The largest absolute Gasteiger partial charge is 0.316 e. The van der Waals surface area contributed by atoms with Crippen molar-refractivity contribution in [1.82, 2.24) is 5.32 Å². The first-order valence-electron chi connectivity index (χ1n) is 5.37. The van der Waals surface area contributed by atoms with Gasteiger partial charge in [-0.1, -0.05) is 34.1 Å². The Morgan fingerprint density at radius 3 is 2.25 bits per heavy atom. The maximum absolute atomic E-state index is 3.36. The quantitative estimate of drug-likeness (QED) is 0.673. The van der Waals surface area contributed by atoms with Gasteiger partial charge in [-0.2, -0.15) is 0 Å². The lowest BCUT2D eigenvalue weighted by molar-refractivity contribution is 0.525. The third kappa shape index (κ3) is 8.06. The van der Waals surface area contributed by atoms with Crippen LogP contribution in [0.2, 0.25) is 0 Å². The van der Waals surface area contributed by atoms with Gasteiger partial charge in [0.25, 0.3) is 0 Å². The van der Waals surface area contributed by atoms with Crippen LogP contribution in [0, 0.1) is 11.8 Å². The molecule has 1 aliphatic heterocycles. The number of nitrogens with one attached hydrogen (secondary N) is 1. The highest BCUT2D eigenvalue weighted by Gasteiger charge is 2.11. The number of rotatable bonds is 2. The van der Waals surface area contributed by atoms with Gasteiger partial charge in [-0.05, 0) is 37.8 Å². The van der Waals surface area contributed by atoms with Gasteiger partial charge < -0.3 is 5.32 Å². The van der Waals surface area contributed by atoms with E-state index in [1.165, 1.54) is 32.4 Å². The molecule has 1 heterocycles. The average molecular weight is 171 g/mol. The van der Waals surface area contributed by atoms with Crippen molar-refractivity contribution in [3.63, 3.8) is 0 Å². The minimum atomic E-state index is 0.833. The van der Waals surface area contributed by atoms with Crippen LogP contribution in [-0.4, -0.2) is 13.1 Å². The number of hydrogen-bond acceptors (Lipinski definition) is 1. The zero-order valence-electron chi connectivity index (χ0n) is 9.19. The molecule has 1 unspecified atom stereocenters. The van der Waals surface area contributed by atoms with E-state index in [0.29, 0.717) is 0 Å². The van der Waals surface area contributed by atoms with E-state index >= 15 is 0 Å². The van der Waals surface area contributed by atoms with Crippen molar-refractivity contribution in [2.24, 2.45) is 11.8 Å². The molecular formula is C11H25N. The summed E-state index contributed by atoms with van der Waals surface area (Å²) in [6.07, 6.45) is 4.19. The molecule has 74 valence electrons. The second-order valence-corrected chi connectivity index (χ2v) is 4.38. The van der Waals surface area contributed by atoms with Crippen LogP contribution in [0.1, 0.15) is 47.0 Å². The van der Waals surface area contributed by atoms with E-state index in [9.17, 15) is 0 Å². The van der Waals surface area contributed by atoms with E-state index in [-0.39, 0.29) is 0 Å². The second-order valence-electron chi connectivity index (χ2n) is 4.38. The van der Waals surface area contributed by atoms with Gasteiger partial charge in [-0.3, -0.25) is 0 Å². The molecule has 0 spiro atoms. The van der Waals surface area contributed by atoms with Gasteiger partial charge in [0.2, 0.25) is 0 Å². The molecule has 0 amide bonds. The van der Waals surface area contributed by atoms with E-state index in [1.54, 1.807) is 0 Å². The molecule has 1 aliphatic rings. The van der Waals surface area contributed by atoms with Gasteiger partial charge in [0.05, 0.1) is 0 Å². The first kappa shape index (κ1) is 12.0. The predicted octanol–water partition coefficient (Wildman–Crippen LogP) is 3.06. The van der Waals surface area contributed by atoms with E-state index in [2.05, 4.69) is 33.0 Å². The molecule has 0 aliphatic carbocycles. The molecule has 0 radical (unpaired) electrons. The molecule has 1 rings (SSSR count). The van der Waals surface area contributed by atoms with Crippen LogP contribution < -0.4 is 5.32 Å². The summed E-state index contributed by atoms with van der Waals surface area (Å²) < 4.78 is 0. The van der Waals surface area contributed by atoms with Crippen molar-refractivity contribution in [3.05, 3.63) is 0 Å².